The molecular weight excluding hydrogens is 447 g/mol. The third-order valence-corrected chi connectivity index (χ3v) is 6.78. The van der Waals surface area contributed by atoms with E-state index < -0.39 is 7.82 Å². The van der Waals surface area contributed by atoms with Gasteiger partial charge in [-0.1, -0.05) is 98.3 Å². The lowest BCUT2D eigenvalue weighted by Crippen LogP contribution is -2.30. The second-order valence-corrected chi connectivity index (χ2v) is 10.7. The van der Waals surface area contributed by atoms with E-state index in [9.17, 15) is 9.46 Å². The van der Waals surface area contributed by atoms with Crippen molar-refractivity contribution in [1.29, 1.82) is 0 Å². The van der Waals surface area contributed by atoms with Crippen LogP contribution in [-0.4, -0.2) is 17.8 Å². The van der Waals surface area contributed by atoms with Crippen LogP contribution in [0.25, 0.3) is 0 Å². The van der Waals surface area contributed by atoms with Gasteiger partial charge in [0.25, 0.3) is 7.82 Å². The highest BCUT2D eigenvalue weighted by Gasteiger charge is 2.07. The Labute approximate surface area is 211 Å². The molecule has 0 amide bonds. The molecule has 0 fully saturated rings. The van der Waals surface area contributed by atoms with Crippen LogP contribution in [0.4, 0.5) is 0 Å². The molecule has 0 saturated heterocycles. The zero-order chi connectivity index (χ0) is 25.3. The van der Waals surface area contributed by atoms with Gasteiger partial charge >= 0.3 is 0 Å². The van der Waals surface area contributed by atoms with E-state index in [2.05, 4.69) is 50.8 Å². The number of unbranched alkanes of at least 4 members (excludes halogenated alkanes) is 12. The van der Waals surface area contributed by atoms with Crippen molar-refractivity contribution in [2.24, 2.45) is 0 Å². The van der Waals surface area contributed by atoms with Crippen molar-refractivity contribution in [3.05, 3.63) is 18.7 Å². The molecule has 0 aliphatic rings. The predicted octanol–water partition coefficient (Wildman–Crippen LogP) is 7.58. The summed E-state index contributed by atoms with van der Waals surface area (Å²) in [4.78, 5) is 11.0. The first-order chi connectivity index (χ1) is 16.5. The molecular formula is C27H55N2O4P. The summed E-state index contributed by atoms with van der Waals surface area (Å²) in [5, 5.41) is 0. The molecule has 0 aliphatic heterocycles. The maximum atomic E-state index is 11.0. The molecule has 1 aromatic heterocycles. The number of phosphoric ester groups is 1. The van der Waals surface area contributed by atoms with Crippen LogP contribution in [0.15, 0.2) is 18.7 Å². The van der Waals surface area contributed by atoms with E-state index in [1.807, 2.05) is 13.8 Å². The number of hydrogen-bond acceptors (Lipinski definition) is 4. The van der Waals surface area contributed by atoms with Gasteiger partial charge in [0, 0.05) is 0 Å². The fourth-order valence-corrected chi connectivity index (χ4v) is 4.28. The number of rotatable bonds is 22. The number of hydrogen-bond donors (Lipinski definition) is 0. The fraction of sp³-hybridized carbons (Fsp3) is 0.889. The minimum Gasteiger partial charge on any atom is -0.756 e. The molecule has 0 aromatic carbocycles. The molecule has 0 unspecified atom stereocenters. The highest BCUT2D eigenvalue weighted by molar-refractivity contribution is 7.45. The van der Waals surface area contributed by atoms with Gasteiger partial charge in [-0.3, -0.25) is 4.57 Å². The molecule has 6 nitrogen and oxygen atoms in total. The zero-order valence-corrected chi connectivity index (χ0v) is 23.7. The van der Waals surface area contributed by atoms with E-state index in [-0.39, 0.29) is 13.2 Å². The monoisotopic (exact) mass is 502 g/mol. The number of aryl methyl sites for hydroxylation is 2. The van der Waals surface area contributed by atoms with Crippen LogP contribution in [0.2, 0.25) is 0 Å². The van der Waals surface area contributed by atoms with Crippen LogP contribution in [0.1, 0.15) is 130 Å². The largest absolute Gasteiger partial charge is 0.756 e. The number of imidazole rings is 1. The quantitative estimate of drug-likeness (QED) is 0.0931. The van der Waals surface area contributed by atoms with Crippen molar-refractivity contribution in [3.63, 3.8) is 0 Å². The van der Waals surface area contributed by atoms with Gasteiger partial charge < -0.3 is 13.9 Å². The SMILES string of the molecule is CCCCCCCCCCCCn1cc[n+](CCCC)c1.CCCCOP(=O)([O-])OCCCC. The van der Waals surface area contributed by atoms with Gasteiger partial charge in [-0.05, 0) is 32.1 Å². The third-order valence-electron chi connectivity index (χ3n) is 5.78. The average Bonchev–Trinajstić information content (AvgIpc) is 3.27. The Balaban J connectivity index is 0.000000722. The van der Waals surface area contributed by atoms with Crippen LogP contribution in [0, 0.1) is 0 Å². The summed E-state index contributed by atoms with van der Waals surface area (Å²) >= 11 is 0. The molecule has 0 N–H and O–H groups in total. The molecule has 0 spiro atoms. The lowest BCUT2D eigenvalue weighted by atomic mass is 10.1. The van der Waals surface area contributed by atoms with Gasteiger partial charge in [0.2, 0.25) is 6.33 Å². The Kier molecular flexibility index (Phi) is 23.6. The van der Waals surface area contributed by atoms with Gasteiger partial charge in [-0.25, -0.2) is 9.13 Å². The summed E-state index contributed by atoms with van der Waals surface area (Å²) in [6.07, 6.45) is 26.7. The first-order valence-electron chi connectivity index (χ1n) is 14.1. The summed E-state index contributed by atoms with van der Waals surface area (Å²) in [6, 6.07) is 0. The van der Waals surface area contributed by atoms with Gasteiger partial charge in [-0.15, -0.1) is 0 Å². The predicted molar refractivity (Wildman–Crippen MR) is 141 cm³/mol. The molecule has 34 heavy (non-hydrogen) atoms. The highest BCUT2D eigenvalue weighted by Crippen LogP contribution is 2.38. The summed E-state index contributed by atoms with van der Waals surface area (Å²) in [6.45, 7) is 11.3. The molecule has 1 heterocycles. The second-order valence-electron chi connectivity index (χ2n) is 9.25. The normalized spacial score (nSPS) is 11.4. The summed E-state index contributed by atoms with van der Waals surface area (Å²) < 4.78 is 24.8. The first kappa shape index (κ1) is 33.3. The Morgan fingerprint density at radius 1 is 0.706 bits per heavy atom. The molecule has 0 saturated carbocycles. The Bertz CT molecular complexity index is 581. The van der Waals surface area contributed by atoms with Gasteiger partial charge in [-0.2, -0.15) is 0 Å². The smallest absolute Gasteiger partial charge is 0.267 e. The lowest BCUT2D eigenvalue weighted by molar-refractivity contribution is -0.696. The Morgan fingerprint density at radius 3 is 1.68 bits per heavy atom. The van der Waals surface area contributed by atoms with Crippen molar-refractivity contribution in [3.8, 4) is 0 Å². The third kappa shape index (κ3) is 21.8. The topological polar surface area (TPSA) is 67.4 Å². The summed E-state index contributed by atoms with van der Waals surface area (Å²) in [7, 11) is -4.00. The van der Waals surface area contributed by atoms with Crippen LogP contribution >= 0.6 is 7.82 Å². The van der Waals surface area contributed by atoms with Crippen LogP contribution in [0.5, 0.6) is 0 Å². The number of phosphoric acid groups is 1. The van der Waals surface area contributed by atoms with E-state index in [1.165, 1.54) is 90.1 Å². The van der Waals surface area contributed by atoms with Crippen molar-refractivity contribution in [1.82, 2.24) is 4.57 Å². The Morgan fingerprint density at radius 2 is 1.18 bits per heavy atom. The maximum absolute atomic E-state index is 11.0. The average molecular weight is 503 g/mol. The van der Waals surface area contributed by atoms with Gasteiger partial charge in [0.1, 0.15) is 12.4 Å². The summed E-state index contributed by atoms with van der Waals surface area (Å²) in [5.41, 5.74) is 0. The molecule has 0 aliphatic carbocycles. The van der Waals surface area contributed by atoms with E-state index in [4.69, 9.17) is 0 Å². The lowest BCUT2D eigenvalue weighted by Gasteiger charge is -2.22. The molecule has 1 rings (SSSR count). The van der Waals surface area contributed by atoms with E-state index in [1.54, 1.807) is 0 Å². The van der Waals surface area contributed by atoms with Gasteiger partial charge in [0.05, 0.1) is 26.3 Å². The van der Waals surface area contributed by atoms with Crippen LogP contribution in [0.3, 0.4) is 0 Å². The summed E-state index contributed by atoms with van der Waals surface area (Å²) in [5.74, 6) is 0. The standard InChI is InChI=1S/C19H37N2.C8H19O4P/c1-3-5-7-8-9-10-11-12-13-14-16-21-18-17-20(19-21)15-6-4-2;1-3-5-7-11-13(9,10)12-8-6-4-2/h17-19H,3-16H2,1-2H3;3-8H2,1-2H3,(H,9,10)/q+1;/p-1. The Hall–Kier alpha value is -0.680. The van der Waals surface area contributed by atoms with Crippen LogP contribution < -0.4 is 9.46 Å². The fourth-order valence-electron chi connectivity index (χ4n) is 3.50. The molecule has 202 valence electrons. The molecule has 7 heteroatoms. The number of nitrogens with zero attached hydrogens (tertiary/aromatic N) is 2. The molecule has 1 aromatic rings. The maximum Gasteiger partial charge on any atom is 0.267 e. The second kappa shape index (κ2) is 24.0. The molecule has 0 radical (unpaired) electrons. The van der Waals surface area contributed by atoms with Crippen molar-refractivity contribution >= 4 is 7.82 Å². The highest BCUT2D eigenvalue weighted by atomic mass is 31.2. The first-order valence-corrected chi connectivity index (χ1v) is 15.6. The van der Waals surface area contributed by atoms with E-state index in [0.29, 0.717) is 0 Å². The van der Waals surface area contributed by atoms with Crippen molar-refractivity contribution in [2.45, 2.75) is 144 Å². The number of aromatic nitrogens is 2. The van der Waals surface area contributed by atoms with E-state index >= 15 is 0 Å². The molecule has 0 atom stereocenters. The minimum absolute atomic E-state index is 0.226. The molecule has 0 bridgehead atoms. The zero-order valence-electron chi connectivity index (χ0n) is 22.8. The van der Waals surface area contributed by atoms with Crippen LogP contribution in [-0.2, 0) is 26.7 Å². The minimum atomic E-state index is -4.00. The van der Waals surface area contributed by atoms with Crippen molar-refractivity contribution in [2.75, 3.05) is 13.2 Å². The van der Waals surface area contributed by atoms with Gasteiger partial charge in [0.15, 0.2) is 0 Å². The van der Waals surface area contributed by atoms with Crippen molar-refractivity contribution < 1.29 is 23.1 Å². The van der Waals surface area contributed by atoms with E-state index in [0.717, 1.165) is 25.7 Å².